The Balaban J connectivity index is 1.68. The molecule has 140 valence electrons. The first-order chi connectivity index (χ1) is 13.5. The number of amides is 1. The lowest BCUT2D eigenvalue weighted by molar-refractivity contribution is 0.102. The summed E-state index contributed by atoms with van der Waals surface area (Å²) in [7, 11) is 0. The van der Waals surface area contributed by atoms with Crippen molar-refractivity contribution in [3.8, 4) is 0 Å². The molecule has 0 unspecified atom stereocenters. The zero-order valence-corrected chi connectivity index (χ0v) is 16.2. The smallest absolute Gasteiger partial charge is 0.258 e. The largest absolute Gasteiger partial charge is 0.322 e. The fourth-order valence-corrected chi connectivity index (χ4v) is 3.38. The number of aryl methyl sites for hydroxylation is 2. The summed E-state index contributed by atoms with van der Waals surface area (Å²) in [5.74, 6) is -0.305. The third-order valence-electron chi connectivity index (χ3n) is 4.46. The van der Waals surface area contributed by atoms with Crippen LogP contribution < -0.4 is 5.32 Å². The molecule has 0 aliphatic heterocycles. The third kappa shape index (κ3) is 3.46. The topological polar surface area (TPSA) is 72.7 Å². The molecular formula is C21H18ClN5O. The van der Waals surface area contributed by atoms with Gasteiger partial charge >= 0.3 is 0 Å². The van der Waals surface area contributed by atoms with Gasteiger partial charge in [0.15, 0.2) is 5.65 Å². The van der Waals surface area contributed by atoms with Crippen molar-refractivity contribution < 1.29 is 4.79 Å². The number of carbonyl (C=O) groups excluding carboxylic acids is 1. The second kappa shape index (κ2) is 7.40. The van der Waals surface area contributed by atoms with Gasteiger partial charge in [0.1, 0.15) is 0 Å². The molecule has 1 N–H and O–H groups in total. The van der Waals surface area contributed by atoms with E-state index in [-0.39, 0.29) is 5.91 Å². The highest BCUT2D eigenvalue weighted by molar-refractivity contribution is 6.39. The van der Waals surface area contributed by atoms with Crippen molar-refractivity contribution in [1.82, 2.24) is 19.7 Å². The van der Waals surface area contributed by atoms with Crippen molar-refractivity contribution in [3.05, 3.63) is 82.4 Å². The van der Waals surface area contributed by atoms with Gasteiger partial charge in [-0.15, -0.1) is 0 Å². The van der Waals surface area contributed by atoms with Crippen LogP contribution in [0.1, 0.15) is 27.3 Å². The summed E-state index contributed by atoms with van der Waals surface area (Å²) in [4.78, 5) is 21.5. The number of benzene rings is 1. The predicted molar refractivity (Wildman–Crippen MR) is 110 cm³/mol. The van der Waals surface area contributed by atoms with Crippen molar-refractivity contribution in [2.24, 2.45) is 0 Å². The van der Waals surface area contributed by atoms with Crippen LogP contribution in [0.2, 0.25) is 5.02 Å². The van der Waals surface area contributed by atoms with Gasteiger partial charge in [-0.3, -0.25) is 9.78 Å². The molecular weight excluding hydrogens is 374 g/mol. The first-order valence-corrected chi connectivity index (χ1v) is 9.20. The quantitative estimate of drug-likeness (QED) is 0.559. The van der Waals surface area contributed by atoms with E-state index in [0.717, 1.165) is 11.3 Å². The number of nitrogens with one attached hydrogen (secondary N) is 1. The monoisotopic (exact) mass is 391 g/mol. The van der Waals surface area contributed by atoms with Gasteiger partial charge in [-0.05, 0) is 38.1 Å². The van der Waals surface area contributed by atoms with E-state index in [9.17, 15) is 4.79 Å². The minimum atomic E-state index is -0.305. The maximum atomic E-state index is 12.7. The number of halogens is 1. The molecule has 3 heterocycles. The molecule has 0 aliphatic carbocycles. The first-order valence-electron chi connectivity index (χ1n) is 8.82. The third-order valence-corrected chi connectivity index (χ3v) is 4.86. The SMILES string of the molecule is Cc1ccc(NC(=O)c2cnc3c(c(C)nn3Cc3ccccn3)c2Cl)cc1. The lowest BCUT2D eigenvalue weighted by atomic mass is 10.2. The van der Waals surface area contributed by atoms with Crippen LogP contribution in [0, 0.1) is 13.8 Å². The summed E-state index contributed by atoms with van der Waals surface area (Å²) in [5.41, 5.74) is 4.35. The van der Waals surface area contributed by atoms with Gasteiger partial charge < -0.3 is 5.32 Å². The molecule has 0 atom stereocenters. The number of anilines is 1. The lowest BCUT2D eigenvalue weighted by Gasteiger charge is -2.08. The number of pyridine rings is 2. The van der Waals surface area contributed by atoms with Crippen LogP contribution >= 0.6 is 11.6 Å². The summed E-state index contributed by atoms with van der Waals surface area (Å²) in [5, 5.41) is 8.42. The minimum absolute atomic E-state index is 0.305. The molecule has 1 amide bonds. The molecule has 4 aromatic rings. The fourth-order valence-electron chi connectivity index (χ4n) is 3.02. The van der Waals surface area contributed by atoms with E-state index in [2.05, 4.69) is 20.4 Å². The average molecular weight is 392 g/mol. The molecule has 7 heteroatoms. The first kappa shape index (κ1) is 18.1. The van der Waals surface area contributed by atoms with Gasteiger partial charge in [-0.1, -0.05) is 35.4 Å². The molecule has 0 aliphatic rings. The number of fused-ring (bicyclic) bond motifs is 1. The number of hydrogen-bond acceptors (Lipinski definition) is 4. The second-order valence-electron chi connectivity index (χ2n) is 6.57. The van der Waals surface area contributed by atoms with Crippen molar-refractivity contribution in [1.29, 1.82) is 0 Å². The maximum Gasteiger partial charge on any atom is 0.258 e. The summed E-state index contributed by atoms with van der Waals surface area (Å²) in [6.07, 6.45) is 3.23. The van der Waals surface area contributed by atoms with Gasteiger partial charge in [-0.25, -0.2) is 9.67 Å². The van der Waals surface area contributed by atoms with Gasteiger partial charge in [-0.2, -0.15) is 5.10 Å². The van der Waals surface area contributed by atoms with E-state index in [1.54, 1.807) is 10.9 Å². The van der Waals surface area contributed by atoms with Gasteiger partial charge in [0.2, 0.25) is 0 Å². The van der Waals surface area contributed by atoms with Crippen molar-refractivity contribution in [2.75, 3.05) is 5.32 Å². The molecule has 0 bridgehead atoms. The van der Waals surface area contributed by atoms with E-state index in [4.69, 9.17) is 11.6 Å². The molecule has 3 aromatic heterocycles. The van der Waals surface area contributed by atoms with Crippen molar-refractivity contribution >= 4 is 34.2 Å². The van der Waals surface area contributed by atoms with E-state index >= 15 is 0 Å². The van der Waals surface area contributed by atoms with E-state index in [1.165, 1.54) is 6.20 Å². The number of nitrogens with zero attached hydrogens (tertiary/aromatic N) is 4. The number of aromatic nitrogens is 4. The van der Waals surface area contributed by atoms with Gasteiger partial charge in [0.05, 0.1) is 33.9 Å². The molecule has 4 rings (SSSR count). The minimum Gasteiger partial charge on any atom is -0.322 e. The Morgan fingerprint density at radius 3 is 2.61 bits per heavy atom. The lowest BCUT2D eigenvalue weighted by Crippen LogP contribution is -2.13. The molecule has 0 saturated carbocycles. The van der Waals surface area contributed by atoms with Gasteiger partial charge in [0, 0.05) is 18.1 Å². The standard InChI is InChI=1S/C21H18ClN5O/c1-13-6-8-15(9-7-13)25-21(28)17-11-24-20-18(19(17)22)14(2)26-27(20)12-16-5-3-4-10-23-16/h3-11H,12H2,1-2H3,(H,25,28). The number of carbonyl (C=O) groups is 1. The maximum absolute atomic E-state index is 12.7. The Morgan fingerprint density at radius 2 is 1.89 bits per heavy atom. The van der Waals surface area contributed by atoms with E-state index < -0.39 is 0 Å². The van der Waals surface area contributed by atoms with Crippen LogP contribution in [0.15, 0.2) is 54.9 Å². The zero-order valence-electron chi connectivity index (χ0n) is 15.5. The molecule has 28 heavy (non-hydrogen) atoms. The van der Waals surface area contributed by atoms with Crippen molar-refractivity contribution in [2.45, 2.75) is 20.4 Å². The van der Waals surface area contributed by atoms with E-state index in [1.807, 2.05) is 56.3 Å². The highest BCUT2D eigenvalue weighted by atomic mass is 35.5. The van der Waals surface area contributed by atoms with Crippen LogP contribution in [0.5, 0.6) is 0 Å². The molecule has 6 nitrogen and oxygen atoms in total. The van der Waals surface area contributed by atoms with Crippen LogP contribution in [0.3, 0.4) is 0 Å². The van der Waals surface area contributed by atoms with Crippen LogP contribution in [0.4, 0.5) is 5.69 Å². The van der Waals surface area contributed by atoms with E-state index in [0.29, 0.717) is 39.5 Å². The summed E-state index contributed by atoms with van der Waals surface area (Å²) < 4.78 is 1.75. The molecule has 0 saturated heterocycles. The van der Waals surface area contributed by atoms with Crippen molar-refractivity contribution in [3.63, 3.8) is 0 Å². The van der Waals surface area contributed by atoms with Gasteiger partial charge in [0.25, 0.3) is 5.91 Å². The molecule has 0 spiro atoms. The Morgan fingerprint density at radius 1 is 1.11 bits per heavy atom. The highest BCUT2D eigenvalue weighted by Gasteiger charge is 2.19. The Labute approximate surface area is 167 Å². The summed E-state index contributed by atoms with van der Waals surface area (Å²) >= 11 is 6.58. The summed E-state index contributed by atoms with van der Waals surface area (Å²) in [6, 6.07) is 13.3. The Kier molecular flexibility index (Phi) is 4.79. The zero-order chi connectivity index (χ0) is 19.7. The van der Waals surface area contributed by atoms with Crippen LogP contribution in [0.25, 0.3) is 11.0 Å². The van der Waals surface area contributed by atoms with Crippen LogP contribution in [-0.2, 0) is 6.54 Å². The number of rotatable bonds is 4. The predicted octanol–water partition coefficient (Wildman–Crippen LogP) is 4.40. The average Bonchev–Trinajstić information content (AvgIpc) is 3.01. The normalized spacial score (nSPS) is 11.0. The molecule has 0 radical (unpaired) electrons. The molecule has 1 aromatic carbocycles. The summed E-state index contributed by atoms with van der Waals surface area (Å²) in [6.45, 7) is 4.32. The fraction of sp³-hybridized carbons (Fsp3) is 0.143. The van der Waals surface area contributed by atoms with Crippen LogP contribution in [-0.4, -0.2) is 25.7 Å². The Bertz CT molecular complexity index is 1150. The number of hydrogen-bond donors (Lipinski definition) is 1. The second-order valence-corrected chi connectivity index (χ2v) is 6.95. The Hall–Kier alpha value is -3.25. The molecule has 0 fully saturated rings. The highest BCUT2D eigenvalue weighted by Crippen LogP contribution is 2.29.